The average molecular weight is 530 g/mol. The minimum Gasteiger partial charge on any atom is -0.494 e. The highest BCUT2D eigenvalue weighted by molar-refractivity contribution is 14.0. The number of aliphatic imine (C=N–C) groups is 1. The van der Waals surface area contributed by atoms with Crippen LogP contribution in [0.1, 0.15) is 51.2 Å². The molecule has 1 fully saturated rings. The highest BCUT2D eigenvalue weighted by Crippen LogP contribution is 2.35. The van der Waals surface area contributed by atoms with Crippen molar-refractivity contribution in [2.75, 3.05) is 39.8 Å². The molecule has 0 aromatic heterocycles. The minimum atomic E-state index is 0. The van der Waals surface area contributed by atoms with Gasteiger partial charge < -0.3 is 25.0 Å². The minimum absolute atomic E-state index is 0. The smallest absolute Gasteiger partial charge is 0.191 e. The van der Waals surface area contributed by atoms with Gasteiger partial charge in [-0.05, 0) is 70.8 Å². The third-order valence-corrected chi connectivity index (χ3v) is 6.05. The van der Waals surface area contributed by atoms with Crippen LogP contribution in [0.2, 0.25) is 0 Å². The molecule has 1 saturated heterocycles. The van der Waals surface area contributed by atoms with Crippen LogP contribution in [-0.2, 0) is 13.0 Å². The maximum Gasteiger partial charge on any atom is 0.191 e. The van der Waals surface area contributed by atoms with E-state index >= 15 is 0 Å². The van der Waals surface area contributed by atoms with Gasteiger partial charge in [0.1, 0.15) is 17.6 Å². The van der Waals surface area contributed by atoms with Gasteiger partial charge in [-0.2, -0.15) is 0 Å². The number of likely N-dealkylation sites (tertiary alicyclic amines) is 1. The van der Waals surface area contributed by atoms with Crippen LogP contribution in [-0.4, -0.2) is 56.8 Å². The zero-order valence-corrected chi connectivity index (χ0v) is 21.3. The molecule has 0 aliphatic carbocycles. The lowest BCUT2D eigenvalue weighted by Crippen LogP contribution is -2.39. The van der Waals surface area contributed by atoms with Gasteiger partial charge in [0.2, 0.25) is 0 Å². The van der Waals surface area contributed by atoms with Crippen molar-refractivity contribution in [1.82, 2.24) is 15.5 Å². The van der Waals surface area contributed by atoms with Gasteiger partial charge in [-0.1, -0.05) is 6.92 Å². The Kier molecular flexibility index (Phi) is 10.5. The number of hydrogen-bond donors (Lipinski definition) is 2. The van der Waals surface area contributed by atoms with Crippen LogP contribution in [0.3, 0.4) is 0 Å². The standard InChI is InChI=1S/C23H38N4O2.HI/c1-5-27-11-8-18(9-12-27)7-10-25-23(24-4)26-16-20-15-22-19(13-17(3)29-22)14-21(20)28-6-2;/h14-15,17-18H,5-13,16H2,1-4H3,(H2,24,25,26);1H. The summed E-state index contributed by atoms with van der Waals surface area (Å²) >= 11 is 0. The predicted octanol–water partition coefficient (Wildman–Crippen LogP) is 3.81. The van der Waals surface area contributed by atoms with Crippen molar-refractivity contribution in [2.45, 2.75) is 59.1 Å². The molecule has 3 rings (SSSR count). The first-order chi connectivity index (χ1) is 14.1. The number of rotatable bonds is 8. The molecule has 2 aliphatic rings. The van der Waals surface area contributed by atoms with E-state index < -0.39 is 0 Å². The van der Waals surface area contributed by atoms with Crippen molar-refractivity contribution >= 4 is 29.9 Å². The van der Waals surface area contributed by atoms with Gasteiger partial charge in [0, 0.05) is 37.7 Å². The Hall–Kier alpha value is -1.22. The first-order valence-electron chi connectivity index (χ1n) is 11.2. The van der Waals surface area contributed by atoms with E-state index in [1.54, 1.807) is 0 Å². The molecule has 0 bridgehead atoms. The molecule has 1 aromatic carbocycles. The Morgan fingerprint density at radius 2 is 2.00 bits per heavy atom. The van der Waals surface area contributed by atoms with Gasteiger partial charge in [0.05, 0.1) is 6.61 Å². The number of nitrogens with zero attached hydrogens (tertiary/aromatic N) is 2. The third kappa shape index (κ3) is 6.90. The maximum absolute atomic E-state index is 5.93. The number of nitrogens with one attached hydrogen (secondary N) is 2. The molecule has 0 radical (unpaired) electrons. The van der Waals surface area contributed by atoms with E-state index in [-0.39, 0.29) is 30.1 Å². The van der Waals surface area contributed by atoms with Gasteiger partial charge in [-0.3, -0.25) is 4.99 Å². The third-order valence-electron chi connectivity index (χ3n) is 6.05. The zero-order valence-electron chi connectivity index (χ0n) is 19.0. The summed E-state index contributed by atoms with van der Waals surface area (Å²) in [4.78, 5) is 6.93. The summed E-state index contributed by atoms with van der Waals surface area (Å²) in [6, 6.07) is 4.25. The summed E-state index contributed by atoms with van der Waals surface area (Å²) in [7, 11) is 1.83. The van der Waals surface area contributed by atoms with Crippen LogP contribution in [0, 0.1) is 5.92 Å². The van der Waals surface area contributed by atoms with Crippen molar-refractivity contribution in [3.63, 3.8) is 0 Å². The van der Waals surface area contributed by atoms with E-state index in [0.717, 1.165) is 41.9 Å². The molecule has 1 unspecified atom stereocenters. The van der Waals surface area contributed by atoms with E-state index in [1.165, 1.54) is 44.5 Å². The number of fused-ring (bicyclic) bond motifs is 1. The predicted molar refractivity (Wildman–Crippen MR) is 134 cm³/mol. The first-order valence-corrected chi connectivity index (χ1v) is 11.2. The maximum atomic E-state index is 5.93. The van der Waals surface area contributed by atoms with Crippen molar-refractivity contribution in [2.24, 2.45) is 10.9 Å². The van der Waals surface area contributed by atoms with Gasteiger partial charge in [-0.25, -0.2) is 0 Å². The summed E-state index contributed by atoms with van der Waals surface area (Å²) < 4.78 is 11.8. The van der Waals surface area contributed by atoms with Crippen LogP contribution in [0.25, 0.3) is 0 Å². The Morgan fingerprint density at radius 3 is 2.67 bits per heavy atom. The number of piperidine rings is 1. The first kappa shape index (κ1) is 25.0. The number of guanidine groups is 1. The molecule has 0 amide bonds. The van der Waals surface area contributed by atoms with Gasteiger partial charge in [-0.15, -0.1) is 24.0 Å². The fourth-order valence-corrected chi connectivity index (χ4v) is 4.30. The topological polar surface area (TPSA) is 58.1 Å². The van der Waals surface area contributed by atoms with Crippen molar-refractivity contribution in [3.8, 4) is 11.5 Å². The van der Waals surface area contributed by atoms with Gasteiger partial charge in [0.25, 0.3) is 0 Å². The molecule has 1 aromatic rings. The summed E-state index contributed by atoms with van der Waals surface area (Å²) in [5.74, 6) is 3.59. The SMILES string of the molecule is CCOc1cc2c(cc1CNC(=NC)NCCC1CCN(CC)CC1)OC(C)C2.I. The lowest BCUT2D eigenvalue weighted by molar-refractivity contribution is 0.187. The summed E-state index contributed by atoms with van der Waals surface area (Å²) in [5, 5.41) is 6.91. The van der Waals surface area contributed by atoms with Gasteiger partial charge >= 0.3 is 0 Å². The van der Waals surface area contributed by atoms with Crippen molar-refractivity contribution in [1.29, 1.82) is 0 Å². The zero-order chi connectivity index (χ0) is 20.6. The largest absolute Gasteiger partial charge is 0.494 e. The lowest BCUT2D eigenvalue weighted by atomic mass is 9.93. The number of halogens is 1. The molecule has 2 heterocycles. The van der Waals surface area contributed by atoms with E-state index in [1.807, 2.05) is 14.0 Å². The quantitative estimate of drug-likeness (QED) is 0.304. The summed E-state index contributed by atoms with van der Waals surface area (Å²) in [6.45, 7) is 12.3. The Labute approximate surface area is 199 Å². The molecule has 2 N–H and O–H groups in total. The molecule has 0 spiro atoms. The molecular formula is C23H39IN4O2. The molecule has 7 heteroatoms. The van der Waals surface area contributed by atoms with Crippen molar-refractivity contribution < 1.29 is 9.47 Å². The second-order valence-electron chi connectivity index (χ2n) is 8.15. The molecular weight excluding hydrogens is 491 g/mol. The van der Waals surface area contributed by atoms with E-state index in [9.17, 15) is 0 Å². The Morgan fingerprint density at radius 1 is 1.23 bits per heavy atom. The highest BCUT2D eigenvalue weighted by atomic mass is 127. The van der Waals surface area contributed by atoms with Crippen LogP contribution in [0.4, 0.5) is 0 Å². The summed E-state index contributed by atoms with van der Waals surface area (Å²) in [6.07, 6.45) is 5.01. The molecule has 0 saturated carbocycles. The second-order valence-corrected chi connectivity index (χ2v) is 8.15. The van der Waals surface area contributed by atoms with Crippen molar-refractivity contribution in [3.05, 3.63) is 23.3 Å². The Balaban J connectivity index is 0.00000320. The highest BCUT2D eigenvalue weighted by Gasteiger charge is 2.22. The Bertz CT molecular complexity index is 690. The molecule has 1 atom stereocenters. The number of ether oxygens (including phenoxy) is 2. The molecule has 170 valence electrons. The molecule has 6 nitrogen and oxygen atoms in total. The molecule has 2 aliphatic heterocycles. The second kappa shape index (κ2) is 12.6. The number of hydrogen-bond acceptors (Lipinski definition) is 4. The fraction of sp³-hybridized carbons (Fsp3) is 0.696. The number of benzene rings is 1. The van der Waals surface area contributed by atoms with E-state index in [4.69, 9.17) is 9.47 Å². The van der Waals surface area contributed by atoms with Crippen LogP contribution in [0.5, 0.6) is 11.5 Å². The molecule has 30 heavy (non-hydrogen) atoms. The van der Waals surface area contributed by atoms with Crippen LogP contribution >= 0.6 is 24.0 Å². The summed E-state index contributed by atoms with van der Waals surface area (Å²) in [5.41, 5.74) is 2.34. The van der Waals surface area contributed by atoms with Crippen LogP contribution in [0.15, 0.2) is 17.1 Å². The normalized spacial score (nSPS) is 19.6. The average Bonchev–Trinajstić information content (AvgIpc) is 3.10. The van der Waals surface area contributed by atoms with E-state index in [2.05, 4.69) is 46.5 Å². The van der Waals surface area contributed by atoms with E-state index in [0.29, 0.717) is 13.2 Å². The van der Waals surface area contributed by atoms with Crippen LogP contribution < -0.4 is 20.1 Å². The fourth-order valence-electron chi connectivity index (χ4n) is 4.30. The lowest BCUT2D eigenvalue weighted by Gasteiger charge is -2.31. The van der Waals surface area contributed by atoms with Gasteiger partial charge in [0.15, 0.2) is 5.96 Å². The monoisotopic (exact) mass is 530 g/mol.